The third kappa shape index (κ3) is 13.0. The number of unbranched alkanes of at least 4 members (excludes halogenated alkanes) is 2. The topological polar surface area (TPSA) is 127 Å². The first kappa shape index (κ1) is 50.6. The van der Waals surface area contributed by atoms with Crippen LogP contribution in [0.25, 0.3) is 12.2 Å². The summed E-state index contributed by atoms with van der Waals surface area (Å²) in [6, 6.07) is 12.0. The van der Waals surface area contributed by atoms with Crippen molar-refractivity contribution in [2.45, 2.75) is 84.6 Å². The second kappa shape index (κ2) is 23.8. The van der Waals surface area contributed by atoms with Crippen LogP contribution in [0.3, 0.4) is 0 Å². The van der Waals surface area contributed by atoms with Crippen LogP contribution in [-0.2, 0) is 14.3 Å². The summed E-state index contributed by atoms with van der Waals surface area (Å²) in [5.41, 5.74) is 4.35. The molecule has 0 unspecified atom stereocenters. The van der Waals surface area contributed by atoms with Crippen molar-refractivity contribution < 1.29 is 50.8 Å². The number of ether oxygens (including phenoxy) is 4. The summed E-state index contributed by atoms with van der Waals surface area (Å²) in [5.74, 6) is 0.146. The Labute approximate surface area is 392 Å². The number of allylic oxidation sites excluding steroid dienone is 2. The van der Waals surface area contributed by atoms with Crippen LogP contribution in [0.2, 0.25) is 0 Å². The summed E-state index contributed by atoms with van der Waals surface area (Å²) in [7, 11) is 5.10. The summed E-state index contributed by atoms with van der Waals surface area (Å²) < 4.78 is 71.0. The maximum absolute atomic E-state index is 15.7. The molecule has 1 saturated heterocycles. The van der Waals surface area contributed by atoms with Gasteiger partial charge in [0.15, 0.2) is 17.2 Å². The molecule has 362 valence electrons. The van der Waals surface area contributed by atoms with Crippen molar-refractivity contribution in [3.8, 4) is 17.2 Å². The number of aryl methyl sites for hydroxylation is 2. The number of nitrogens with zero attached hydrogens (tertiary/aromatic N) is 4. The Morgan fingerprint density at radius 1 is 0.940 bits per heavy atom. The average Bonchev–Trinajstić information content (AvgIpc) is 4.01. The molecule has 0 radical (unpaired) electrons. The highest BCUT2D eigenvalue weighted by molar-refractivity contribution is 6.58. The highest BCUT2D eigenvalue weighted by Gasteiger charge is 2.52. The maximum Gasteiger partial charge on any atom is 0.737 e. The van der Waals surface area contributed by atoms with Crippen molar-refractivity contribution >= 4 is 42.6 Å². The maximum atomic E-state index is 15.7. The number of hydrogen-bond donors (Lipinski definition) is 2. The van der Waals surface area contributed by atoms with E-state index in [1.807, 2.05) is 13.8 Å². The Morgan fingerprint density at radius 2 is 1.70 bits per heavy atom. The van der Waals surface area contributed by atoms with Gasteiger partial charge in [-0.25, -0.2) is 4.39 Å². The van der Waals surface area contributed by atoms with Gasteiger partial charge < -0.3 is 57.0 Å². The minimum Gasteiger partial charge on any atom is -0.493 e. The molecule has 1 fully saturated rings. The van der Waals surface area contributed by atoms with Gasteiger partial charge in [0.1, 0.15) is 18.1 Å². The lowest BCUT2D eigenvalue weighted by atomic mass is 9.90. The second-order valence-corrected chi connectivity index (χ2v) is 17.6. The van der Waals surface area contributed by atoms with E-state index in [-0.39, 0.29) is 56.2 Å². The number of aromatic nitrogens is 1. The van der Waals surface area contributed by atoms with Crippen LogP contribution in [0.1, 0.15) is 97.6 Å². The normalized spacial score (nSPS) is 16.4. The van der Waals surface area contributed by atoms with Crippen LogP contribution < -0.4 is 24.8 Å². The Kier molecular flexibility index (Phi) is 18.0. The number of nitrogens with one attached hydrogen (secondary N) is 2. The molecule has 3 aromatic rings. The van der Waals surface area contributed by atoms with E-state index in [0.29, 0.717) is 103 Å². The van der Waals surface area contributed by atoms with E-state index in [1.165, 1.54) is 20.3 Å². The highest BCUT2D eigenvalue weighted by Crippen LogP contribution is 2.39. The predicted molar refractivity (Wildman–Crippen MR) is 255 cm³/mol. The van der Waals surface area contributed by atoms with Crippen LogP contribution >= 0.6 is 0 Å². The van der Waals surface area contributed by atoms with Crippen molar-refractivity contribution in [2.24, 2.45) is 0 Å². The number of halogens is 3. The molecule has 17 heteroatoms. The van der Waals surface area contributed by atoms with E-state index in [2.05, 4.69) is 22.6 Å². The van der Waals surface area contributed by atoms with Crippen LogP contribution in [0.15, 0.2) is 65.9 Å². The summed E-state index contributed by atoms with van der Waals surface area (Å²) in [5, 5.41) is 5.73. The van der Waals surface area contributed by atoms with Gasteiger partial charge in [-0.15, -0.1) is 0 Å². The summed E-state index contributed by atoms with van der Waals surface area (Å²) in [6.45, 7) is 4.55. The molecule has 6 rings (SSSR count). The molecule has 2 aromatic carbocycles. The lowest BCUT2D eigenvalue weighted by molar-refractivity contribution is -0.362. The van der Waals surface area contributed by atoms with E-state index in [9.17, 15) is 18.8 Å². The minimum absolute atomic E-state index is 0.0944. The van der Waals surface area contributed by atoms with Gasteiger partial charge in [0.05, 0.1) is 27.4 Å². The number of amides is 3. The Morgan fingerprint density at radius 3 is 2.45 bits per heavy atom. The molecule has 13 nitrogen and oxygen atoms in total. The number of methoxy groups -OCH3 is 2. The molecule has 3 aliphatic rings. The molecule has 4 heterocycles. The smallest absolute Gasteiger partial charge is 0.493 e. The lowest BCUT2D eigenvalue weighted by Gasteiger charge is -2.30. The van der Waals surface area contributed by atoms with Crippen LogP contribution in [0, 0.1) is 19.7 Å². The number of fused-ring (bicyclic) bond motifs is 2. The highest BCUT2D eigenvalue weighted by atomic mass is 19.2. The van der Waals surface area contributed by atoms with Gasteiger partial charge >= 0.3 is 6.97 Å². The monoisotopic (exact) mass is 931 g/mol. The molecule has 1 atom stereocenters. The van der Waals surface area contributed by atoms with Crippen molar-refractivity contribution in [1.82, 2.24) is 24.9 Å². The van der Waals surface area contributed by atoms with Gasteiger partial charge in [-0.3, -0.25) is 14.4 Å². The van der Waals surface area contributed by atoms with Gasteiger partial charge in [0.25, 0.3) is 5.91 Å². The van der Waals surface area contributed by atoms with Crippen molar-refractivity contribution in [1.29, 1.82) is 0 Å². The van der Waals surface area contributed by atoms with Crippen molar-refractivity contribution in [3.05, 3.63) is 99.8 Å². The quantitative estimate of drug-likeness (QED) is 0.0659. The molecule has 1 aromatic heterocycles. The summed E-state index contributed by atoms with van der Waals surface area (Å²) in [6.07, 6.45) is 12.6. The first-order chi connectivity index (χ1) is 32.2. The molecule has 0 saturated carbocycles. The third-order valence-corrected chi connectivity index (χ3v) is 12.6. The lowest BCUT2D eigenvalue weighted by Crippen LogP contribution is -2.50. The standard InChI is InChI=1S/C50H66BF3N6O7/c1-35(29-38-13-9-10-15-43(38)52)34-58(25-21-40-14-12-24-57(40)4)50(63)39-31-45(64-5)49(65-6)46(32-39)67-28-27-66-26-23-56-47(61)16-8-7-11-22-55-48(62)20-19-41-17-18-42-33-44-36(2)30-37(3)59(44)51(53,54)60(41)42/h9-10,13,15,17-18,29-33,40H,7-8,11-12,14,16,19-28,34H2,1-6H3,(H,55,62)(H,56,61)/b35-29+/t40-/m1/s1. The molecule has 67 heavy (non-hydrogen) atoms. The number of likely N-dealkylation sites (tertiary alicyclic amines) is 1. The van der Waals surface area contributed by atoms with Gasteiger partial charge in [-0.1, -0.05) is 36.3 Å². The number of hydrogen-bond acceptors (Lipinski definition) is 8. The van der Waals surface area contributed by atoms with Crippen LogP contribution in [-0.4, -0.2) is 129 Å². The first-order valence-electron chi connectivity index (χ1n) is 23.4. The van der Waals surface area contributed by atoms with E-state index in [4.69, 9.17) is 18.9 Å². The largest absolute Gasteiger partial charge is 0.737 e. The van der Waals surface area contributed by atoms with E-state index >= 15 is 8.63 Å². The summed E-state index contributed by atoms with van der Waals surface area (Å²) >= 11 is 0. The fourth-order valence-corrected chi connectivity index (χ4v) is 9.15. The number of carbonyl (C=O) groups is 3. The number of rotatable bonds is 25. The molecule has 2 N–H and O–H groups in total. The second-order valence-electron chi connectivity index (χ2n) is 17.6. The van der Waals surface area contributed by atoms with E-state index in [0.717, 1.165) is 52.3 Å². The third-order valence-electron chi connectivity index (χ3n) is 12.6. The molecule has 0 aliphatic carbocycles. The average molecular weight is 931 g/mol. The summed E-state index contributed by atoms with van der Waals surface area (Å²) in [4.78, 5) is 43.4. The SMILES string of the molecule is COc1cc(C(=O)N(CC[C@H]2CCCN2C)C/C(C)=C/c2ccccc2F)cc(OCCOCCNC(=O)CCCCCNC(=O)CCC2=[N+]3C(=Cc4c(C)cc(C)n4[B-]3(F)F)C=C2)c1OC. The molecular formula is C50H66BF3N6O7. The Bertz CT molecular complexity index is 2380. The zero-order chi connectivity index (χ0) is 48.1. The molecule has 0 spiro atoms. The van der Waals surface area contributed by atoms with E-state index < -0.39 is 6.97 Å². The van der Waals surface area contributed by atoms with Gasteiger partial charge in [-0.05, 0) is 102 Å². The molecule has 0 bridgehead atoms. The molecular weight excluding hydrogens is 864 g/mol. The predicted octanol–water partition coefficient (Wildman–Crippen LogP) is 7.56. The van der Waals surface area contributed by atoms with Gasteiger partial charge in [0.2, 0.25) is 17.6 Å². The van der Waals surface area contributed by atoms with Crippen molar-refractivity contribution in [3.63, 3.8) is 0 Å². The minimum atomic E-state index is -4.06. The molecule has 3 amide bonds. The Balaban J connectivity index is 0.885. The molecule has 3 aliphatic heterocycles. The Hall–Kier alpha value is -5.81. The van der Waals surface area contributed by atoms with E-state index in [1.54, 1.807) is 72.5 Å². The van der Waals surface area contributed by atoms with Gasteiger partial charge in [-0.2, -0.15) is 0 Å². The fraction of sp³-hybridized carbons (Fsp3) is 0.480. The van der Waals surface area contributed by atoms with Gasteiger partial charge in [0, 0.05) is 86.5 Å². The fourth-order valence-electron chi connectivity index (χ4n) is 9.15. The first-order valence-corrected chi connectivity index (χ1v) is 23.4. The zero-order valence-electron chi connectivity index (χ0n) is 39.8. The van der Waals surface area contributed by atoms with Crippen molar-refractivity contribution in [2.75, 3.05) is 73.8 Å². The number of carbonyl (C=O) groups excluding carboxylic acids is 3. The number of benzene rings is 2. The van der Waals surface area contributed by atoms with Crippen LogP contribution in [0.4, 0.5) is 13.0 Å². The zero-order valence-corrected chi connectivity index (χ0v) is 39.8. The van der Waals surface area contributed by atoms with Crippen LogP contribution in [0.5, 0.6) is 17.2 Å².